The number of rotatable bonds is 7. The Morgan fingerprint density at radius 2 is 1.87 bits per heavy atom. The number of halogens is 5. The van der Waals surface area contributed by atoms with Gasteiger partial charge in [0, 0.05) is 6.07 Å². The van der Waals surface area contributed by atoms with Crippen LogP contribution in [0, 0.1) is 23.3 Å². The maximum atomic E-state index is 13.3. The first-order valence-corrected chi connectivity index (χ1v) is 7.77. The summed E-state index contributed by atoms with van der Waals surface area (Å²) in [6, 6.07) is 0.350. The van der Waals surface area contributed by atoms with E-state index in [1.807, 2.05) is 0 Å². The molecule has 0 aliphatic rings. The Balaban J connectivity index is 2.53. The second-order valence-electron chi connectivity index (χ2n) is 4.16. The summed E-state index contributed by atoms with van der Waals surface area (Å²) in [6.07, 6.45) is -1.68. The third-order valence-corrected chi connectivity index (χ3v) is 3.80. The van der Waals surface area contributed by atoms with Crippen LogP contribution in [0.5, 0.6) is 5.75 Å². The molecule has 1 amide bonds. The van der Waals surface area contributed by atoms with Crippen molar-refractivity contribution >= 4 is 15.9 Å². The number of amides is 1. The van der Waals surface area contributed by atoms with Crippen LogP contribution < -0.4 is 4.74 Å². The number of carbonyl (C=O) groups is 1. The fourth-order valence-corrected chi connectivity index (χ4v) is 2.21. The van der Waals surface area contributed by atoms with Crippen LogP contribution in [0.1, 0.15) is 6.42 Å². The van der Waals surface area contributed by atoms with Crippen LogP contribution in [0.2, 0.25) is 6.04 Å². The number of carbonyl (C=O) groups excluding carboxylic acids is 1. The molecule has 0 atom stereocenters. The van der Waals surface area contributed by atoms with Gasteiger partial charge >= 0.3 is 6.09 Å². The molecule has 1 aromatic rings. The van der Waals surface area contributed by atoms with Gasteiger partial charge in [0.1, 0.15) is 0 Å². The number of hydrogen-bond acceptors (Lipinski definition) is 5. The van der Waals surface area contributed by atoms with Crippen LogP contribution >= 0.6 is 0 Å². The summed E-state index contributed by atoms with van der Waals surface area (Å²) in [6.45, 7) is -2.43. The van der Waals surface area contributed by atoms with Crippen molar-refractivity contribution < 1.29 is 46.2 Å². The second kappa shape index (κ2) is 8.76. The van der Waals surface area contributed by atoms with Gasteiger partial charge in [0.15, 0.2) is 27.1 Å². The minimum Gasteiger partial charge on any atom is -0.405 e. The summed E-state index contributed by atoms with van der Waals surface area (Å²) in [5, 5.41) is 16.3. The summed E-state index contributed by atoms with van der Waals surface area (Å²) >= 11 is 0. The van der Waals surface area contributed by atoms with Gasteiger partial charge in [-0.05, 0) is 12.5 Å². The molecule has 0 spiro atoms. The fraction of sp³-hybridized carbons (Fsp3) is 0.364. The van der Waals surface area contributed by atoms with Crippen LogP contribution in [0.4, 0.5) is 26.8 Å². The lowest BCUT2D eigenvalue weighted by molar-refractivity contribution is -0.180. The molecule has 0 saturated carbocycles. The first-order chi connectivity index (χ1) is 10.7. The molecule has 0 heterocycles. The molecule has 0 unspecified atom stereocenters. The Kier molecular flexibility index (Phi) is 7.35. The average molecular weight is 361 g/mol. The predicted octanol–water partition coefficient (Wildman–Crippen LogP) is 1.11. The number of ether oxygens (including phenoxy) is 1. The largest absolute Gasteiger partial charge is 0.443 e. The highest BCUT2D eigenvalue weighted by Gasteiger charge is 2.24. The van der Waals surface area contributed by atoms with E-state index in [2.05, 4.69) is 9.16 Å². The van der Waals surface area contributed by atoms with Crippen molar-refractivity contribution in [2.75, 3.05) is 6.54 Å². The van der Waals surface area contributed by atoms with E-state index in [4.69, 9.17) is 10.2 Å². The number of nitrogens with zero attached hydrogens (tertiary/aromatic N) is 1. The molecule has 0 aliphatic heterocycles. The van der Waals surface area contributed by atoms with Gasteiger partial charge in [0.2, 0.25) is 11.6 Å². The first-order valence-electron chi connectivity index (χ1n) is 6.20. The Hall–Kier alpha value is -1.76. The maximum Gasteiger partial charge on any atom is 0.443 e. The van der Waals surface area contributed by atoms with Gasteiger partial charge < -0.3 is 19.4 Å². The highest BCUT2D eigenvalue weighted by molar-refractivity contribution is 6.27. The Labute approximate surface area is 128 Å². The van der Waals surface area contributed by atoms with Crippen molar-refractivity contribution in [3.05, 3.63) is 29.3 Å². The van der Waals surface area contributed by atoms with Gasteiger partial charge in [0.05, 0.1) is 6.54 Å². The Bertz CT molecular complexity index is 562. The predicted molar refractivity (Wildman–Crippen MR) is 67.4 cm³/mol. The van der Waals surface area contributed by atoms with Crippen LogP contribution in [0.25, 0.3) is 0 Å². The molecule has 0 saturated heterocycles. The van der Waals surface area contributed by atoms with Crippen molar-refractivity contribution in [2.45, 2.75) is 18.9 Å². The monoisotopic (exact) mass is 361 g/mol. The zero-order valence-corrected chi connectivity index (χ0v) is 12.9. The van der Waals surface area contributed by atoms with Gasteiger partial charge in [-0.25, -0.2) is 18.0 Å². The number of hydrogen-bond donors (Lipinski definition) is 2. The second-order valence-corrected chi connectivity index (χ2v) is 5.61. The number of aliphatic hydroxyl groups is 2. The third-order valence-electron chi connectivity index (χ3n) is 2.48. The molecule has 0 bridgehead atoms. The highest BCUT2D eigenvalue weighted by atomic mass is 28.2. The van der Waals surface area contributed by atoms with Crippen LogP contribution in [-0.2, 0) is 4.43 Å². The molecule has 23 heavy (non-hydrogen) atoms. The van der Waals surface area contributed by atoms with E-state index in [0.29, 0.717) is 0 Å². The van der Waals surface area contributed by atoms with Crippen molar-refractivity contribution in [1.29, 1.82) is 0 Å². The van der Waals surface area contributed by atoms with E-state index in [-0.39, 0.29) is 18.5 Å². The van der Waals surface area contributed by atoms with Gasteiger partial charge in [-0.15, -0.1) is 5.12 Å². The lowest BCUT2D eigenvalue weighted by Crippen LogP contribution is -2.28. The summed E-state index contributed by atoms with van der Waals surface area (Å²) in [7, 11) is -1.33. The molecule has 0 aliphatic carbocycles. The smallest absolute Gasteiger partial charge is 0.405 e. The van der Waals surface area contributed by atoms with Crippen LogP contribution in [0.3, 0.4) is 0 Å². The minimum absolute atomic E-state index is 0.0686. The average Bonchev–Trinajstić information content (AvgIpc) is 2.49. The zero-order chi connectivity index (χ0) is 17.6. The molecule has 0 fully saturated rings. The summed E-state index contributed by atoms with van der Waals surface area (Å²) < 4.78 is 73.6. The van der Waals surface area contributed by atoms with Crippen molar-refractivity contribution in [2.24, 2.45) is 0 Å². The quantitative estimate of drug-likeness (QED) is 0.145. The highest BCUT2D eigenvalue weighted by Crippen LogP contribution is 2.25. The Morgan fingerprint density at radius 3 is 2.48 bits per heavy atom. The minimum atomic E-state index is -2.19. The molecule has 2 N–H and O–H groups in total. The van der Waals surface area contributed by atoms with Gasteiger partial charge in [-0.2, -0.15) is 4.39 Å². The van der Waals surface area contributed by atoms with Crippen molar-refractivity contribution in [1.82, 2.24) is 5.12 Å². The van der Waals surface area contributed by atoms with Crippen LogP contribution in [0.15, 0.2) is 6.07 Å². The summed E-state index contributed by atoms with van der Waals surface area (Å²) in [4.78, 5) is 11.3. The van der Waals surface area contributed by atoms with Crippen LogP contribution in [-0.4, -0.2) is 44.2 Å². The van der Waals surface area contributed by atoms with Crippen molar-refractivity contribution in [3.63, 3.8) is 0 Å². The van der Waals surface area contributed by atoms with E-state index in [1.54, 1.807) is 0 Å². The van der Waals surface area contributed by atoms with E-state index in [1.165, 1.54) is 0 Å². The standard InChI is InChI=1S/C11H12F5NO5Si/c12-5-4-6(8(14)9(15)7(5)13)21-10(18)17(16)2-1-3-23-22-11(19)20/h4,11,19-20H,1-3,23H2. The van der Waals surface area contributed by atoms with Gasteiger partial charge in [0.25, 0.3) is 6.48 Å². The van der Waals surface area contributed by atoms with Gasteiger partial charge in [-0.3, -0.25) is 0 Å². The molecule has 1 aromatic carbocycles. The molecule has 130 valence electrons. The molecule has 6 nitrogen and oxygen atoms in total. The van der Waals surface area contributed by atoms with Gasteiger partial charge in [-0.1, -0.05) is 4.48 Å². The normalized spacial score (nSPS) is 11.5. The zero-order valence-electron chi connectivity index (χ0n) is 11.4. The number of benzene rings is 1. The van der Waals surface area contributed by atoms with E-state index in [9.17, 15) is 26.8 Å². The van der Waals surface area contributed by atoms with E-state index in [0.717, 1.165) is 0 Å². The first kappa shape index (κ1) is 19.3. The molecule has 1 rings (SSSR count). The molecule has 0 radical (unpaired) electrons. The lowest BCUT2D eigenvalue weighted by Gasteiger charge is -2.13. The topological polar surface area (TPSA) is 79.2 Å². The third kappa shape index (κ3) is 5.74. The lowest BCUT2D eigenvalue weighted by atomic mass is 10.3. The maximum absolute atomic E-state index is 13.3. The fourth-order valence-electron chi connectivity index (χ4n) is 1.40. The van der Waals surface area contributed by atoms with Crippen molar-refractivity contribution in [3.8, 4) is 5.75 Å². The molecular weight excluding hydrogens is 349 g/mol. The molecule has 0 aromatic heterocycles. The summed E-state index contributed by atoms with van der Waals surface area (Å²) in [5.41, 5.74) is 0. The SMILES string of the molecule is O=C(Oc1cc(F)c(F)c(F)c1F)N(F)CCC[SiH2]OC(O)O. The Morgan fingerprint density at radius 1 is 1.22 bits per heavy atom. The molecular formula is C11H12F5NO5Si. The van der Waals surface area contributed by atoms with E-state index >= 15 is 0 Å². The molecule has 12 heteroatoms. The summed E-state index contributed by atoms with van der Waals surface area (Å²) in [5.74, 6) is -9.35. The number of aliphatic hydroxyl groups excluding tert-OH is 1. The van der Waals surface area contributed by atoms with E-state index < -0.39 is 63.0 Å².